The third kappa shape index (κ3) is 2.41. The number of aliphatic hydroxyl groups is 2. The van der Waals surface area contributed by atoms with Gasteiger partial charge in [0.1, 0.15) is 0 Å². The highest BCUT2D eigenvalue weighted by Crippen LogP contribution is 2.68. The lowest BCUT2D eigenvalue weighted by Crippen LogP contribution is -2.38. The maximum Gasteiger partial charge on any atom is 0.222 e. The molecule has 0 aromatic carbocycles. The standard InChI is InChI=1S/C15H22ClN3O2/c1-14(8-15(14,9-20)10-21)11-2-4-19(5-3-11)12-6-17-13(16)18-7-12/h6-7,11,20-21H,2-5,8-10H2,1H3. The van der Waals surface area contributed by atoms with Gasteiger partial charge >= 0.3 is 0 Å². The normalized spacial score (nSPS) is 28.7. The van der Waals surface area contributed by atoms with Crippen LogP contribution in [0.25, 0.3) is 0 Å². The number of nitrogens with zero attached hydrogens (tertiary/aromatic N) is 3. The first-order valence-corrected chi connectivity index (χ1v) is 7.87. The third-order valence-electron chi connectivity index (χ3n) is 5.77. The molecule has 2 aliphatic rings. The van der Waals surface area contributed by atoms with Crippen molar-refractivity contribution >= 4 is 17.3 Å². The van der Waals surface area contributed by atoms with Crippen molar-refractivity contribution in [3.05, 3.63) is 17.7 Å². The van der Waals surface area contributed by atoms with Crippen molar-refractivity contribution < 1.29 is 10.2 Å². The van der Waals surface area contributed by atoms with E-state index < -0.39 is 0 Å². The van der Waals surface area contributed by atoms with Crippen molar-refractivity contribution in [2.24, 2.45) is 16.7 Å². The van der Waals surface area contributed by atoms with E-state index in [1.54, 1.807) is 12.4 Å². The molecule has 1 aromatic heterocycles. The fourth-order valence-electron chi connectivity index (χ4n) is 4.00. The van der Waals surface area contributed by atoms with Crippen LogP contribution in [0.4, 0.5) is 5.69 Å². The minimum atomic E-state index is -0.261. The summed E-state index contributed by atoms with van der Waals surface area (Å²) >= 11 is 5.72. The molecule has 0 amide bonds. The number of hydrogen-bond donors (Lipinski definition) is 2. The van der Waals surface area contributed by atoms with Gasteiger partial charge in [0.05, 0.1) is 31.3 Å². The number of hydrogen-bond acceptors (Lipinski definition) is 5. The molecule has 1 unspecified atom stereocenters. The molecule has 1 aromatic rings. The van der Waals surface area contributed by atoms with Crippen LogP contribution in [0.2, 0.25) is 5.28 Å². The predicted molar refractivity (Wildman–Crippen MR) is 81.3 cm³/mol. The Balaban J connectivity index is 1.62. The van der Waals surface area contributed by atoms with Gasteiger partial charge in [-0.05, 0) is 42.2 Å². The number of aliphatic hydroxyl groups excluding tert-OH is 2. The average Bonchev–Trinajstić information content (AvgIpc) is 3.15. The lowest BCUT2D eigenvalue weighted by molar-refractivity contribution is 0.0769. The molecule has 0 bridgehead atoms. The zero-order chi connectivity index (χ0) is 15.1. The van der Waals surface area contributed by atoms with Crippen molar-refractivity contribution in [3.8, 4) is 0 Å². The first-order chi connectivity index (χ1) is 10.0. The number of anilines is 1. The van der Waals surface area contributed by atoms with Gasteiger partial charge in [0, 0.05) is 18.5 Å². The molecule has 6 heteroatoms. The van der Waals surface area contributed by atoms with Crippen molar-refractivity contribution in [3.63, 3.8) is 0 Å². The Morgan fingerprint density at radius 2 is 1.81 bits per heavy atom. The zero-order valence-electron chi connectivity index (χ0n) is 12.3. The van der Waals surface area contributed by atoms with E-state index in [9.17, 15) is 10.2 Å². The molecular formula is C15H22ClN3O2. The molecule has 1 saturated heterocycles. The highest BCUT2D eigenvalue weighted by atomic mass is 35.5. The lowest BCUT2D eigenvalue weighted by atomic mass is 9.77. The fraction of sp³-hybridized carbons (Fsp3) is 0.733. The van der Waals surface area contributed by atoms with Crippen LogP contribution in [-0.4, -0.2) is 46.5 Å². The van der Waals surface area contributed by atoms with E-state index in [1.165, 1.54) is 0 Å². The van der Waals surface area contributed by atoms with E-state index in [4.69, 9.17) is 11.6 Å². The fourth-order valence-corrected chi connectivity index (χ4v) is 4.10. The van der Waals surface area contributed by atoms with Crippen molar-refractivity contribution in [1.82, 2.24) is 9.97 Å². The van der Waals surface area contributed by atoms with Crippen LogP contribution < -0.4 is 4.90 Å². The van der Waals surface area contributed by atoms with Gasteiger partial charge in [0.15, 0.2) is 0 Å². The number of aromatic nitrogens is 2. The van der Waals surface area contributed by atoms with Crippen LogP contribution >= 0.6 is 11.6 Å². The molecule has 2 heterocycles. The Morgan fingerprint density at radius 1 is 1.24 bits per heavy atom. The molecule has 1 saturated carbocycles. The van der Waals surface area contributed by atoms with Crippen LogP contribution in [0.5, 0.6) is 0 Å². The minimum Gasteiger partial charge on any atom is -0.396 e. The topological polar surface area (TPSA) is 69.5 Å². The number of halogens is 1. The van der Waals surface area contributed by atoms with E-state index >= 15 is 0 Å². The summed E-state index contributed by atoms with van der Waals surface area (Å²) in [6, 6.07) is 0. The molecule has 3 rings (SSSR count). The molecule has 1 aliphatic heterocycles. The summed E-state index contributed by atoms with van der Waals surface area (Å²) in [5.41, 5.74) is 0.830. The predicted octanol–water partition coefficient (Wildman–Crippen LogP) is 1.73. The first-order valence-electron chi connectivity index (χ1n) is 7.49. The Labute approximate surface area is 130 Å². The first kappa shape index (κ1) is 15.0. The molecule has 5 nitrogen and oxygen atoms in total. The van der Waals surface area contributed by atoms with Crippen LogP contribution in [0.3, 0.4) is 0 Å². The van der Waals surface area contributed by atoms with E-state index in [0.717, 1.165) is 38.0 Å². The van der Waals surface area contributed by atoms with Gasteiger partial charge in [-0.2, -0.15) is 0 Å². The summed E-state index contributed by atoms with van der Waals surface area (Å²) in [5.74, 6) is 0.557. The molecular weight excluding hydrogens is 290 g/mol. The number of piperidine rings is 1. The van der Waals surface area contributed by atoms with Gasteiger partial charge in [0.25, 0.3) is 0 Å². The van der Waals surface area contributed by atoms with E-state index in [2.05, 4.69) is 21.8 Å². The molecule has 0 spiro atoms. The largest absolute Gasteiger partial charge is 0.396 e. The summed E-state index contributed by atoms with van der Waals surface area (Å²) in [5, 5.41) is 19.4. The van der Waals surface area contributed by atoms with Gasteiger partial charge in [-0.25, -0.2) is 9.97 Å². The highest BCUT2D eigenvalue weighted by molar-refractivity contribution is 6.28. The summed E-state index contributed by atoms with van der Waals surface area (Å²) in [7, 11) is 0. The second-order valence-electron chi connectivity index (χ2n) is 6.66. The lowest BCUT2D eigenvalue weighted by Gasteiger charge is -2.38. The highest BCUT2D eigenvalue weighted by Gasteiger charge is 2.66. The van der Waals surface area contributed by atoms with E-state index in [1.807, 2.05) is 0 Å². The smallest absolute Gasteiger partial charge is 0.222 e. The quantitative estimate of drug-likeness (QED) is 0.829. The van der Waals surface area contributed by atoms with Gasteiger partial charge in [-0.15, -0.1) is 0 Å². The second-order valence-corrected chi connectivity index (χ2v) is 7.00. The molecule has 21 heavy (non-hydrogen) atoms. The molecule has 1 aliphatic carbocycles. The van der Waals surface area contributed by atoms with E-state index in [-0.39, 0.29) is 29.3 Å². The maximum atomic E-state index is 9.58. The summed E-state index contributed by atoms with van der Waals surface area (Å²) in [6.45, 7) is 4.30. The van der Waals surface area contributed by atoms with Crippen LogP contribution in [0.15, 0.2) is 12.4 Å². The van der Waals surface area contributed by atoms with Crippen LogP contribution in [0.1, 0.15) is 26.2 Å². The van der Waals surface area contributed by atoms with Crippen molar-refractivity contribution in [1.29, 1.82) is 0 Å². The second kappa shape index (κ2) is 5.38. The minimum absolute atomic E-state index is 0.0824. The Hall–Kier alpha value is -0.910. The van der Waals surface area contributed by atoms with Crippen molar-refractivity contribution in [2.45, 2.75) is 26.2 Å². The third-order valence-corrected chi connectivity index (χ3v) is 5.96. The molecule has 0 radical (unpaired) electrons. The Kier molecular flexibility index (Phi) is 3.84. The van der Waals surface area contributed by atoms with E-state index in [0.29, 0.717) is 5.92 Å². The van der Waals surface area contributed by atoms with Crippen molar-refractivity contribution in [2.75, 3.05) is 31.2 Å². The zero-order valence-corrected chi connectivity index (χ0v) is 13.1. The van der Waals surface area contributed by atoms with Gasteiger partial charge in [-0.3, -0.25) is 0 Å². The van der Waals surface area contributed by atoms with Gasteiger partial charge < -0.3 is 15.1 Å². The molecule has 116 valence electrons. The maximum absolute atomic E-state index is 9.58. The average molecular weight is 312 g/mol. The van der Waals surface area contributed by atoms with Crippen LogP contribution in [0, 0.1) is 16.7 Å². The SMILES string of the molecule is CC1(C2CCN(c3cnc(Cl)nc3)CC2)CC1(CO)CO. The monoisotopic (exact) mass is 311 g/mol. The molecule has 2 N–H and O–H groups in total. The van der Waals surface area contributed by atoms with Gasteiger partial charge in [0.2, 0.25) is 5.28 Å². The molecule has 1 atom stereocenters. The summed E-state index contributed by atoms with van der Waals surface area (Å²) in [6.07, 6.45) is 6.60. The Bertz CT molecular complexity index is 498. The van der Waals surface area contributed by atoms with Crippen LogP contribution in [-0.2, 0) is 0 Å². The summed E-state index contributed by atoms with van der Waals surface area (Å²) < 4.78 is 0. The number of rotatable bonds is 4. The molecule has 2 fully saturated rings. The summed E-state index contributed by atoms with van der Waals surface area (Å²) in [4.78, 5) is 10.3. The Morgan fingerprint density at radius 3 is 2.29 bits per heavy atom. The van der Waals surface area contributed by atoms with Gasteiger partial charge in [-0.1, -0.05) is 6.92 Å².